The third-order valence-electron chi connectivity index (χ3n) is 2.51. The molecule has 96 valence electrons. The number of aromatic nitrogens is 1. The second-order valence-corrected chi connectivity index (χ2v) is 4.63. The fourth-order valence-electron chi connectivity index (χ4n) is 1.56. The van der Waals surface area contributed by atoms with E-state index in [0.717, 1.165) is 12.2 Å². The van der Waals surface area contributed by atoms with E-state index >= 15 is 0 Å². The van der Waals surface area contributed by atoms with E-state index in [-0.39, 0.29) is 5.82 Å². The number of hydrogen-bond donors (Lipinski definition) is 1. The van der Waals surface area contributed by atoms with Gasteiger partial charge in [-0.3, -0.25) is 0 Å². The van der Waals surface area contributed by atoms with Crippen molar-refractivity contribution < 1.29 is 9.13 Å². The molecule has 2 aromatic rings. The highest BCUT2D eigenvalue weighted by atomic mass is 32.1. The van der Waals surface area contributed by atoms with Crippen molar-refractivity contribution >= 4 is 11.3 Å². The lowest BCUT2D eigenvalue weighted by atomic mass is 10.2. The second kappa shape index (κ2) is 5.93. The van der Waals surface area contributed by atoms with Crippen molar-refractivity contribution in [2.24, 2.45) is 0 Å². The molecule has 1 N–H and O–H groups in total. The number of methoxy groups -OCH3 is 1. The van der Waals surface area contributed by atoms with Crippen LogP contribution in [0.25, 0.3) is 10.6 Å². The van der Waals surface area contributed by atoms with Crippen LogP contribution in [-0.2, 0) is 6.54 Å². The molecule has 18 heavy (non-hydrogen) atoms. The van der Waals surface area contributed by atoms with Crippen LogP contribution in [0.3, 0.4) is 0 Å². The molecule has 0 aliphatic carbocycles. The summed E-state index contributed by atoms with van der Waals surface area (Å²) in [5.41, 5.74) is 1.45. The number of thiazole rings is 1. The van der Waals surface area contributed by atoms with E-state index in [1.807, 2.05) is 12.3 Å². The molecule has 0 unspecified atom stereocenters. The lowest BCUT2D eigenvalue weighted by Gasteiger charge is -2.02. The zero-order chi connectivity index (χ0) is 13.0. The smallest absolute Gasteiger partial charge is 0.137 e. The van der Waals surface area contributed by atoms with Crippen LogP contribution < -0.4 is 10.1 Å². The Hall–Kier alpha value is -1.46. The van der Waals surface area contributed by atoms with E-state index in [1.54, 1.807) is 12.1 Å². The standard InChI is InChI=1S/C13H15FN2OS/c1-3-15-7-9-8-18-13(16-9)11-5-4-10(17-2)6-12(11)14/h4-6,8,15H,3,7H2,1-2H3. The van der Waals surface area contributed by atoms with Crippen molar-refractivity contribution in [3.05, 3.63) is 35.1 Å². The summed E-state index contributed by atoms with van der Waals surface area (Å²) < 4.78 is 18.8. The van der Waals surface area contributed by atoms with Gasteiger partial charge in [-0.15, -0.1) is 11.3 Å². The van der Waals surface area contributed by atoms with Crippen LogP contribution in [-0.4, -0.2) is 18.6 Å². The first-order chi connectivity index (χ1) is 8.74. The van der Waals surface area contributed by atoms with E-state index in [2.05, 4.69) is 10.3 Å². The van der Waals surface area contributed by atoms with Gasteiger partial charge >= 0.3 is 0 Å². The number of nitrogens with zero attached hydrogens (tertiary/aromatic N) is 1. The first-order valence-electron chi connectivity index (χ1n) is 5.73. The number of ether oxygens (including phenoxy) is 1. The quantitative estimate of drug-likeness (QED) is 0.903. The van der Waals surface area contributed by atoms with Crippen LogP contribution in [0.5, 0.6) is 5.75 Å². The minimum atomic E-state index is -0.307. The van der Waals surface area contributed by atoms with Crippen molar-refractivity contribution in [1.29, 1.82) is 0 Å². The van der Waals surface area contributed by atoms with Crippen molar-refractivity contribution in [3.63, 3.8) is 0 Å². The van der Waals surface area contributed by atoms with Crippen LogP contribution in [0.15, 0.2) is 23.6 Å². The Balaban J connectivity index is 2.23. The molecule has 0 saturated heterocycles. The largest absolute Gasteiger partial charge is 0.497 e. The normalized spacial score (nSPS) is 10.6. The average molecular weight is 266 g/mol. The molecule has 3 nitrogen and oxygen atoms in total. The molecule has 0 bridgehead atoms. The van der Waals surface area contributed by atoms with Crippen molar-refractivity contribution in [2.75, 3.05) is 13.7 Å². The van der Waals surface area contributed by atoms with E-state index in [9.17, 15) is 4.39 Å². The Morgan fingerprint density at radius 2 is 2.28 bits per heavy atom. The number of halogens is 1. The Kier molecular flexibility index (Phi) is 4.28. The number of rotatable bonds is 5. The SMILES string of the molecule is CCNCc1csc(-c2ccc(OC)cc2F)n1. The van der Waals surface area contributed by atoms with Gasteiger partial charge in [-0.2, -0.15) is 0 Å². The zero-order valence-corrected chi connectivity index (χ0v) is 11.2. The van der Waals surface area contributed by atoms with Crippen LogP contribution in [0.1, 0.15) is 12.6 Å². The predicted octanol–water partition coefficient (Wildman–Crippen LogP) is 3.07. The zero-order valence-electron chi connectivity index (χ0n) is 10.4. The van der Waals surface area contributed by atoms with Crippen LogP contribution in [0.2, 0.25) is 0 Å². The molecule has 2 rings (SSSR count). The van der Waals surface area contributed by atoms with Crippen molar-refractivity contribution in [3.8, 4) is 16.3 Å². The summed E-state index contributed by atoms with van der Waals surface area (Å²) in [6.07, 6.45) is 0. The predicted molar refractivity (Wildman–Crippen MR) is 71.4 cm³/mol. The highest BCUT2D eigenvalue weighted by Gasteiger charge is 2.10. The molecule has 1 heterocycles. The molecule has 0 atom stereocenters. The summed E-state index contributed by atoms with van der Waals surface area (Å²) in [4.78, 5) is 4.41. The minimum absolute atomic E-state index is 0.307. The maximum absolute atomic E-state index is 13.9. The van der Waals surface area contributed by atoms with Gasteiger partial charge in [0.15, 0.2) is 0 Å². The number of hydrogen-bond acceptors (Lipinski definition) is 4. The van der Waals surface area contributed by atoms with E-state index in [0.29, 0.717) is 22.9 Å². The third-order valence-corrected chi connectivity index (χ3v) is 3.44. The molecular formula is C13H15FN2OS. The van der Waals surface area contributed by atoms with Gasteiger partial charge in [0.25, 0.3) is 0 Å². The summed E-state index contributed by atoms with van der Waals surface area (Å²) >= 11 is 1.45. The third kappa shape index (κ3) is 2.86. The molecule has 0 spiro atoms. The van der Waals surface area contributed by atoms with E-state index < -0.39 is 0 Å². The maximum atomic E-state index is 13.9. The molecule has 0 saturated carbocycles. The Labute approximate surface area is 110 Å². The molecular weight excluding hydrogens is 251 g/mol. The summed E-state index contributed by atoms with van der Waals surface area (Å²) in [5, 5.41) is 5.84. The average Bonchev–Trinajstić information content (AvgIpc) is 2.84. The number of benzene rings is 1. The molecule has 0 aliphatic rings. The first-order valence-corrected chi connectivity index (χ1v) is 6.61. The molecule has 0 aliphatic heterocycles. The molecule has 0 fully saturated rings. The van der Waals surface area contributed by atoms with Gasteiger partial charge in [0, 0.05) is 23.6 Å². The van der Waals surface area contributed by atoms with Gasteiger partial charge in [-0.25, -0.2) is 9.37 Å². The summed E-state index contributed by atoms with van der Waals surface area (Å²) in [7, 11) is 1.52. The van der Waals surface area contributed by atoms with Gasteiger partial charge in [0.05, 0.1) is 12.8 Å². The fraction of sp³-hybridized carbons (Fsp3) is 0.308. The Bertz CT molecular complexity index is 527. The Morgan fingerprint density at radius 3 is 2.94 bits per heavy atom. The molecule has 5 heteroatoms. The van der Waals surface area contributed by atoms with Gasteiger partial charge in [0.2, 0.25) is 0 Å². The molecule has 0 amide bonds. The number of nitrogens with one attached hydrogen (secondary N) is 1. The highest BCUT2D eigenvalue weighted by molar-refractivity contribution is 7.13. The van der Waals surface area contributed by atoms with Crippen LogP contribution in [0, 0.1) is 5.82 Å². The van der Waals surface area contributed by atoms with Gasteiger partial charge in [-0.05, 0) is 18.7 Å². The van der Waals surface area contributed by atoms with Crippen LogP contribution in [0.4, 0.5) is 4.39 Å². The monoisotopic (exact) mass is 266 g/mol. The molecule has 1 aromatic carbocycles. The van der Waals surface area contributed by atoms with Crippen LogP contribution >= 0.6 is 11.3 Å². The summed E-state index contributed by atoms with van der Waals surface area (Å²) in [6.45, 7) is 3.64. The maximum Gasteiger partial charge on any atom is 0.137 e. The summed E-state index contributed by atoms with van der Waals surface area (Å²) in [5.74, 6) is 0.208. The second-order valence-electron chi connectivity index (χ2n) is 3.77. The Morgan fingerprint density at radius 1 is 1.44 bits per heavy atom. The van der Waals surface area contributed by atoms with Crippen molar-refractivity contribution in [2.45, 2.75) is 13.5 Å². The van der Waals surface area contributed by atoms with Crippen molar-refractivity contribution in [1.82, 2.24) is 10.3 Å². The van der Waals surface area contributed by atoms with Gasteiger partial charge < -0.3 is 10.1 Å². The van der Waals surface area contributed by atoms with E-state index in [1.165, 1.54) is 24.5 Å². The lowest BCUT2D eigenvalue weighted by Crippen LogP contribution is -2.11. The first kappa shape index (κ1) is 13.0. The fourth-order valence-corrected chi connectivity index (χ4v) is 2.41. The lowest BCUT2D eigenvalue weighted by molar-refractivity contribution is 0.411. The van der Waals surface area contributed by atoms with Gasteiger partial charge in [-0.1, -0.05) is 6.92 Å². The molecule has 1 aromatic heterocycles. The van der Waals surface area contributed by atoms with Gasteiger partial charge in [0.1, 0.15) is 16.6 Å². The molecule has 0 radical (unpaired) electrons. The summed E-state index contributed by atoms with van der Waals surface area (Å²) in [6, 6.07) is 4.81. The minimum Gasteiger partial charge on any atom is -0.497 e. The van der Waals surface area contributed by atoms with E-state index in [4.69, 9.17) is 4.74 Å². The topological polar surface area (TPSA) is 34.1 Å². The highest BCUT2D eigenvalue weighted by Crippen LogP contribution is 2.28.